The highest BCUT2D eigenvalue weighted by atomic mass is 35.5. The lowest BCUT2D eigenvalue weighted by atomic mass is 10.2. The summed E-state index contributed by atoms with van der Waals surface area (Å²) in [4.78, 5) is 12.1. The Morgan fingerprint density at radius 2 is 1.97 bits per heavy atom. The molecule has 0 radical (unpaired) electrons. The van der Waals surface area contributed by atoms with Gasteiger partial charge in [-0.15, -0.1) is 10.2 Å². The second-order valence-corrected chi connectivity index (χ2v) is 8.07. The summed E-state index contributed by atoms with van der Waals surface area (Å²) in [5, 5.41) is 21.4. The van der Waals surface area contributed by atoms with Crippen LogP contribution in [0.3, 0.4) is 0 Å². The first-order valence-corrected chi connectivity index (χ1v) is 10.3. The van der Waals surface area contributed by atoms with Crippen LogP contribution in [0, 0.1) is 11.3 Å². The van der Waals surface area contributed by atoms with Gasteiger partial charge in [-0.3, -0.25) is 4.79 Å². The number of halogens is 3. The third-order valence-electron chi connectivity index (χ3n) is 3.77. The van der Waals surface area contributed by atoms with E-state index in [-0.39, 0.29) is 17.4 Å². The first kappa shape index (κ1) is 21.3. The molecule has 0 atom stereocenters. The summed E-state index contributed by atoms with van der Waals surface area (Å²) in [7, 11) is 0. The number of anilines is 1. The molecule has 0 aliphatic carbocycles. The molecule has 0 aliphatic rings. The molecule has 0 saturated heterocycles. The van der Waals surface area contributed by atoms with Crippen LogP contribution >= 0.6 is 46.6 Å². The minimum Gasteiger partial charge on any atom is -0.335 e. The number of nitrogens with two attached hydrogens (primary N) is 1. The van der Waals surface area contributed by atoms with Crippen LogP contribution in [0.1, 0.15) is 12.0 Å². The van der Waals surface area contributed by atoms with E-state index in [9.17, 15) is 4.79 Å². The molecule has 148 valence electrons. The van der Waals surface area contributed by atoms with Crippen molar-refractivity contribution in [1.82, 2.24) is 14.9 Å². The van der Waals surface area contributed by atoms with E-state index in [2.05, 4.69) is 15.5 Å². The molecular weight excluding hydrogens is 455 g/mol. The van der Waals surface area contributed by atoms with Crippen LogP contribution in [0.25, 0.3) is 11.4 Å². The van der Waals surface area contributed by atoms with Crippen molar-refractivity contribution in [2.45, 2.75) is 11.6 Å². The van der Waals surface area contributed by atoms with Crippen molar-refractivity contribution in [3.63, 3.8) is 0 Å². The predicted molar refractivity (Wildman–Crippen MR) is 116 cm³/mol. The zero-order chi connectivity index (χ0) is 21.0. The van der Waals surface area contributed by atoms with Gasteiger partial charge in [0.25, 0.3) is 0 Å². The van der Waals surface area contributed by atoms with E-state index in [0.29, 0.717) is 43.6 Å². The molecule has 11 heteroatoms. The van der Waals surface area contributed by atoms with Gasteiger partial charge >= 0.3 is 0 Å². The fraction of sp³-hybridized carbons (Fsp3) is 0.111. The van der Waals surface area contributed by atoms with Crippen LogP contribution in [0.4, 0.5) is 5.69 Å². The van der Waals surface area contributed by atoms with E-state index in [1.54, 1.807) is 30.3 Å². The summed E-state index contributed by atoms with van der Waals surface area (Å²) in [6, 6.07) is 11.7. The Hall–Kier alpha value is -2.44. The molecule has 0 saturated carbocycles. The van der Waals surface area contributed by atoms with Gasteiger partial charge in [0.2, 0.25) is 11.1 Å². The van der Waals surface area contributed by atoms with Crippen molar-refractivity contribution < 1.29 is 4.79 Å². The number of hydrogen-bond donors (Lipinski definition) is 2. The molecule has 1 amide bonds. The number of nitriles is 1. The van der Waals surface area contributed by atoms with Crippen LogP contribution in [0.2, 0.25) is 15.1 Å². The number of thioether (sulfide) groups is 1. The Bertz CT molecular complexity index is 1110. The summed E-state index contributed by atoms with van der Waals surface area (Å²) in [6.07, 6.45) is 0.214. The first-order valence-electron chi connectivity index (χ1n) is 8.17. The van der Waals surface area contributed by atoms with Crippen molar-refractivity contribution >= 4 is 58.2 Å². The number of nitrogens with zero attached hydrogens (tertiary/aromatic N) is 4. The first-order chi connectivity index (χ1) is 13.9. The molecule has 0 unspecified atom stereocenters. The smallest absolute Gasteiger partial charge is 0.225 e. The van der Waals surface area contributed by atoms with E-state index >= 15 is 0 Å². The van der Waals surface area contributed by atoms with Gasteiger partial charge in [-0.1, -0.05) is 46.6 Å². The average molecular weight is 468 g/mol. The number of nitrogen functional groups attached to an aromatic ring is 1. The molecule has 0 spiro atoms. The number of nitrogens with one attached hydrogen (secondary N) is 1. The second-order valence-electron chi connectivity index (χ2n) is 5.75. The highest BCUT2D eigenvalue weighted by molar-refractivity contribution is 7.99. The third-order valence-corrected chi connectivity index (χ3v) is 5.58. The predicted octanol–water partition coefficient (Wildman–Crippen LogP) is 4.61. The van der Waals surface area contributed by atoms with Gasteiger partial charge in [-0.25, -0.2) is 4.68 Å². The second kappa shape index (κ2) is 9.37. The minimum atomic E-state index is -0.206. The van der Waals surface area contributed by atoms with Crippen LogP contribution in [0.5, 0.6) is 0 Å². The Morgan fingerprint density at radius 3 is 2.66 bits per heavy atom. The van der Waals surface area contributed by atoms with E-state index < -0.39 is 0 Å². The maximum Gasteiger partial charge on any atom is 0.225 e. The van der Waals surface area contributed by atoms with Crippen LogP contribution in [-0.2, 0) is 4.79 Å². The van der Waals surface area contributed by atoms with Crippen LogP contribution in [-0.4, -0.2) is 26.5 Å². The Balaban J connectivity index is 1.58. The standard InChI is InChI=1S/C18H13Cl3N6OS/c19-11-2-4-13(15(21)7-11)17-25-26-18(27(17)23)29-6-5-16(28)24-12-3-1-10(9-22)14(20)8-12/h1-4,7-8H,5-6,23H2,(H,24,28). The molecule has 1 heterocycles. The number of amides is 1. The lowest BCUT2D eigenvalue weighted by Gasteiger charge is -2.07. The van der Waals surface area contributed by atoms with Crippen molar-refractivity contribution in [1.29, 1.82) is 5.26 Å². The molecule has 0 aliphatic heterocycles. The van der Waals surface area contributed by atoms with Crippen LogP contribution in [0.15, 0.2) is 41.6 Å². The summed E-state index contributed by atoms with van der Waals surface area (Å²) in [5.74, 6) is 6.68. The fourth-order valence-corrected chi connectivity index (χ4v) is 3.88. The van der Waals surface area contributed by atoms with Gasteiger partial charge in [0, 0.05) is 28.4 Å². The molecule has 3 N–H and O–H groups in total. The highest BCUT2D eigenvalue weighted by Gasteiger charge is 2.15. The number of aromatic nitrogens is 3. The van der Waals surface area contributed by atoms with Crippen molar-refractivity contribution in [2.75, 3.05) is 16.9 Å². The minimum absolute atomic E-state index is 0.206. The lowest BCUT2D eigenvalue weighted by Crippen LogP contribution is -2.14. The largest absolute Gasteiger partial charge is 0.335 e. The molecular formula is C18H13Cl3N6OS. The van der Waals surface area contributed by atoms with Crippen molar-refractivity contribution in [3.05, 3.63) is 57.0 Å². The fourth-order valence-electron chi connectivity index (χ4n) is 2.37. The number of carbonyl (C=O) groups excluding carboxylic acids is 1. The van der Waals surface area contributed by atoms with Gasteiger partial charge in [-0.05, 0) is 36.4 Å². The number of rotatable bonds is 6. The zero-order valence-electron chi connectivity index (χ0n) is 14.7. The summed E-state index contributed by atoms with van der Waals surface area (Å²) < 4.78 is 1.32. The molecule has 29 heavy (non-hydrogen) atoms. The molecule has 3 rings (SSSR count). The van der Waals surface area contributed by atoms with Gasteiger partial charge in [0.1, 0.15) is 6.07 Å². The van der Waals surface area contributed by atoms with Crippen LogP contribution < -0.4 is 11.2 Å². The van der Waals surface area contributed by atoms with E-state index in [4.69, 9.17) is 45.9 Å². The summed E-state index contributed by atoms with van der Waals surface area (Å²) >= 11 is 19.3. The molecule has 3 aromatic rings. The molecule has 1 aromatic heterocycles. The average Bonchev–Trinajstić information content (AvgIpc) is 3.02. The van der Waals surface area contributed by atoms with Gasteiger partial charge < -0.3 is 11.2 Å². The maximum absolute atomic E-state index is 12.1. The van der Waals surface area contributed by atoms with E-state index in [0.717, 1.165) is 0 Å². The zero-order valence-corrected chi connectivity index (χ0v) is 17.8. The molecule has 2 aromatic carbocycles. The maximum atomic E-state index is 12.1. The highest BCUT2D eigenvalue weighted by Crippen LogP contribution is 2.30. The van der Waals surface area contributed by atoms with Gasteiger partial charge in [-0.2, -0.15) is 5.26 Å². The number of hydrogen-bond acceptors (Lipinski definition) is 6. The van der Waals surface area contributed by atoms with E-state index in [1.165, 1.54) is 22.5 Å². The van der Waals surface area contributed by atoms with Crippen molar-refractivity contribution in [2.24, 2.45) is 0 Å². The molecule has 0 bridgehead atoms. The number of carbonyl (C=O) groups is 1. The van der Waals surface area contributed by atoms with Gasteiger partial charge in [0.05, 0.1) is 15.6 Å². The van der Waals surface area contributed by atoms with Gasteiger partial charge in [0.15, 0.2) is 5.82 Å². The Labute approximate surface area is 185 Å². The third kappa shape index (κ3) is 5.14. The molecule has 7 nitrogen and oxygen atoms in total. The lowest BCUT2D eigenvalue weighted by molar-refractivity contribution is -0.115. The normalized spacial score (nSPS) is 10.6. The Morgan fingerprint density at radius 1 is 1.17 bits per heavy atom. The summed E-state index contributed by atoms with van der Waals surface area (Å²) in [6.45, 7) is 0. The number of benzene rings is 2. The van der Waals surface area contributed by atoms with E-state index in [1.807, 2.05) is 6.07 Å². The topological polar surface area (TPSA) is 110 Å². The van der Waals surface area contributed by atoms with Crippen molar-refractivity contribution in [3.8, 4) is 17.5 Å². The SMILES string of the molecule is N#Cc1ccc(NC(=O)CCSc2nnc(-c3ccc(Cl)cc3Cl)n2N)cc1Cl. The Kier molecular flexibility index (Phi) is 6.87. The molecule has 0 fully saturated rings. The monoisotopic (exact) mass is 466 g/mol. The summed E-state index contributed by atoms with van der Waals surface area (Å²) in [5.41, 5.74) is 1.47. The quantitative estimate of drug-likeness (QED) is 0.404.